The van der Waals surface area contributed by atoms with Gasteiger partial charge in [0.25, 0.3) is 0 Å². The van der Waals surface area contributed by atoms with Crippen LogP contribution in [0.1, 0.15) is 54.9 Å². The molecule has 1 N–H and O–H groups in total. The molecule has 0 heterocycles. The van der Waals surface area contributed by atoms with Crippen LogP contribution in [-0.4, -0.2) is 24.0 Å². The summed E-state index contributed by atoms with van der Waals surface area (Å²) < 4.78 is 0. The summed E-state index contributed by atoms with van der Waals surface area (Å²) in [6.45, 7) is 8.57. The zero-order chi connectivity index (χ0) is 15.0. The van der Waals surface area contributed by atoms with Crippen molar-refractivity contribution in [3.8, 4) is 0 Å². The quantitative estimate of drug-likeness (QED) is 0.578. The Kier molecular flexibility index (Phi) is 7.31. The molecule has 3 nitrogen and oxygen atoms in total. The Hall–Kier alpha value is -1.35. The van der Waals surface area contributed by atoms with Crippen LogP contribution in [0.2, 0.25) is 0 Å². The van der Waals surface area contributed by atoms with E-state index in [1.165, 1.54) is 16.7 Å². The van der Waals surface area contributed by atoms with Gasteiger partial charge in [-0.25, -0.2) is 0 Å². The Morgan fingerprint density at radius 2 is 1.85 bits per heavy atom. The normalized spacial score (nSPS) is 12.8. The summed E-state index contributed by atoms with van der Waals surface area (Å²) in [5.41, 5.74) is 4.80. The number of aliphatic hydroxyl groups is 1. The molecule has 3 heteroatoms. The van der Waals surface area contributed by atoms with E-state index in [4.69, 9.17) is 9.94 Å². The third-order valence-electron chi connectivity index (χ3n) is 3.46. The van der Waals surface area contributed by atoms with Gasteiger partial charge in [0.15, 0.2) is 0 Å². The Morgan fingerprint density at radius 1 is 1.20 bits per heavy atom. The second-order valence-corrected chi connectivity index (χ2v) is 5.43. The molecule has 1 rings (SSSR count). The Labute approximate surface area is 122 Å². The second-order valence-electron chi connectivity index (χ2n) is 5.43. The summed E-state index contributed by atoms with van der Waals surface area (Å²) in [6, 6.07) is 4.30. The average Bonchev–Trinajstić information content (AvgIpc) is 2.38. The number of aryl methyl sites for hydroxylation is 3. The minimum Gasteiger partial charge on any atom is -0.396 e. The molecule has 1 atom stereocenters. The van der Waals surface area contributed by atoms with Crippen molar-refractivity contribution in [3.63, 3.8) is 0 Å². The number of benzene rings is 1. The van der Waals surface area contributed by atoms with Crippen molar-refractivity contribution in [1.82, 2.24) is 0 Å². The van der Waals surface area contributed by atoms with Crippen molar-refractivity contribution in [3.05, 3.63) is 34.4 Å². The molecule has 1 aromatic rings. The van der Waals surface area contributed by atoms with Crippen LogP contribution in [0, 0.1) is 20.8 Å². The lowest BCUT2D eigenvalue weighted by Crippen LogP contribution is -2.12. The van der Waals surface area contributed by atoms with Gasteiger partial charge in [-0.3, -0.25) is 0 Å². The minimum atomic E-state index is 0.0160. The number of rotatable bonds is 8. The predicted molar refractivity (Wildman–Crippen MR) is 84.3 cm³/mol. The second kappa shape index (κ2) is 8.75. The molecule has 0 aliphatic rings. The number of hydrogen-bond donors (Lipinski definition) is 1. The molecule has 0 aliphatic heterocycles. The standard InChI is InChI=1S/C17H27NO2/c1-5-6-7-16(8-9-19)20-18-12-17-14(3)10-13(2)11-15(17)4/h10-12,16,19H,5-9H2,1-4H3/b18-12+/t16-/m1/s1. The molecule has 0 aliphatic carbocycles. The van der Waals surface area contributed by atoms with Crippen molar-refractivity contribution in [2.24, 2.45) is 5.16 Å². The van der Waals surface area contributed by atoms with Gasteiger partial charge in [-0.2, -0.15) is 0 Å². The van der Waals surface area contributed by atoms with Crippen molar-refractivity contribution < 1.29 is 9.94 Å². The molecule has 0 fully saturated rings. The van der Waals surface area contributed by atoms with Gasteiger partial charge in [0.1, 0.15) is 6.10 Å². The van der Waals surface area contributed by atoms with E-state index in [0.717, 1.165) is 24.8 Å². The first-order chi connectivity index (χ1) is 9.58. The fourth-order valence-corrected chi connectivity index (χ4v) is 2.39. The van der Waals surface area contributed by atoms with E-state index >= 15 is 0 Å². The van der Waals surface area contributed by atoms with E-state index < -0.39 is 0 Å². The zero-order valence-electron chi connectivity index (χ0n) is 13.1. The van der Waals surface area contributed by atoms with Gasteiger partial charge in [-0.1, -0.05) is 36.2 Å². The number of aliphatic hydroxyl groups excluding tert-OH is 1. The first-order valence-corrected chi connectivity index (χ1v) is 7.46. The first-order valence-electron chi connectivity index (χ1n) is 7.46. The van der Waals surface area contributed by atoms with Crippen molar-refractivity contribution >= 4 is 6.21 Å². The van der Waals surface area contributed by atoms with Gasteiger partial charge in [0.05, 0.1) is 6.21 Å². The highest BCUT2D eigenvalue weighted by atomic mass is 16.6. The van der Waals surface area contributed by atoms with E-state index in [9.17, 15) is 0 Å². The van der Waals surface area contributed by atoms with Gasteiger partial charge in [0, 0.05) is 18.6 Å². The molecular formula is C17H27NO2. The predicted octanol–water partition coefficient (Wildman–Crippen LogP) is 3.90. The van der Waals surface area contributed by atoms with Crippen LogP contribution in [0.5, 0.6) is 0 Å². The van der Waals surface area contributed by atoms with Crippen LogP contribution in [0.25, 0.3) is 0 Å². The first kappa shape index (κ1) is 16.7. The maximum Gasteiger partial charge on any atom is 0.129 e. The molecule has 0 bridgehead atoms. The molecule has 1 aromatic carbocycles. The molecule has 0 saturated carbocycles. The molecule has 0 aromatic heterocycles. The largest absolute Gasteiger partial charge is 0.396 e. The summed E-state index contributed by atoms with van der Waals surface area (Å²) in [5.74, 6) is 0. The highest BCUT2D eigenvalue weighted by Crippen LogP contribution is 2.15. The fourth-order valence-electron chi connectivity index (χ4n) is 2.39. The molecule has 0 spiro atoms. The third-order valence-corrected chi connectivity index (χ3v) is 3.46. The lowest BCUT2D eigenvalue weighted by Gasteiger charge is -2.13. The van der Waals surface area contributed by atoms with Gasteiger partial charge in [0.2, 0.25) is 0 Å². The molecule has 0 unspecified atom stereocenters. The maximum absolute atomic E-state index is 9.04. The third kappa shape index (κ3) is 5.33. The SMILES string of the molecule is CCCC[C@H](CCO)O/N=C/c1c(C)cc(C)cc1C. The monoisotopic (exact) mass is 277 g/mol. The van der Waals surface area contributed by atoms with Crippen LogP contribution in [0.4, 0.5) is 0 Å². The van der Waals surface area contributed by atoms with Crippen LogP contribution in [0.3, 0.4) is 0 Å². The zero-order valence-corrected chi connectivity index (χ0v) is 13.1. The topological polar surface area (TPSA) is 41.8 Å². The number of unbranched alkanes of at least 4 members (excludes halogenated alkanes) is 1. The summed E-state index contributed by atoms with van der Waals surface area (Å²) in [7, 11) is 0. The van der Waals surface area contributed by atoms with E-state index in [0.29, 0.717) is 6.42 Å². The van der Waals surface area contributed by atoms with E-state index in [2.05, 4.69) is 45.0 Å². The van der Waals surface area contributed by atoms with Gasteiger partial charge in [-0.15, -0.1) is 0 Å². The van der Waals surface area contributed by atoms with Crippen molar-refractivity contribution in [2.75, 3.05) is 6.61 Å². The van der Waals surface area contributed by atoms with Gasteiger partial charge >= 0.3 is 0 Å². The fraction of sp³-hybridized carbons (Fsp3) is 0.588. The van der Waals surface area contributed by atoms with Crippen molar-refractivity contribution in [1.29, 1.82) is 0 Å². The summed E-state index contributed by atoms with van der Waals surface area (Å²) in [5, 5.41) is 13.2. The number of oxime groups is 1. The van der Waals surface area contributed by atoms with Crippen LogP contribution >= 0.6 is 0 Å². The summed E-state index contributed by atoms with van der Waals surface area (Å²) in [6.07, 6.45) is 5.62. The number of hydrogen-bond acceptors (Lipinski definition) is 3. The van der Waals surface area contributed by atoms with E-state index in [1.54, 1.807) is 6.21 Å². The Bertz CT molecular complexity index is 418. The van der Waals surface area contributed by atoms with Gasteiger partial charge < -0.3 is 9.94 Å². The molecule has 0 amide bonds. The van der Waals surface area contributed by atoms with E-state index in [1.807, 2.05) is 0 Å². The highest BCUT2D eigenvalue weighted by molar-refractivity contribution is 5.83. The number of nitrogens with zero attached hydrogens (tertiary/aromatic N) is 1. The summed E-state index contributed by atoms with van der Waals surface area (Å²) in [4.78, 5) is 5.54. The molecule has 0 saturated heterocycles. The Balaban J connectivity index is 2.67. The van der Waals surface area contributed by atoms with Crippen LogP contribution in [0.15, 0.2) is 17.3 Å². The van der Waals surface area contributed by atoms with Crippen LogP contribution < -0.4 is 0 Å². The molecule has 20 heavy (non-hydrogen) atoms. The van der Waals surface area contributed by atoms with Crippen molar-refractivity contribution in [2.45, 2.75) is 59.5 Å². The molecule has 0 radical (unpaired) electrons. The van der Waals surface area contributed by atoms with Crippen LogP contribution in [-0.2, 0) is 4.84 Å². The minimum absolute atomic E-state index is 0.0160. The lowest BCUT2D eigenvalue weighted by atomic mass is 10.0. The molecular weight excluding hydrogens is 250 g/mol. The molecule has 112 valence electrons. The average molecular weight is 277 g/mol. The summed E-state index contributed by atoms with van der Waals surface area (Å²) >= 11 is 0. The van der Waals surface area contributed by atoms with Gasteiger partial charge in [-0.05, 0) is 44.7 Å². The Morgan fingerprint density at radius 3 is 2.40 bits per heavy atom. The smallest absolute Gasteiger partial charge is 0.129 e. The highest BCUT2D eigenvalue weighted by Gasteiger charge is 2.08. The van der Waals surface area contributed by atoms with E-state index in [-0.39, 0.29) is 12.7 Å². The maximum atomic E-state index is 9.04. The lowest BCUT2D eigenvalue weighted by molar-refractivity contribution is 0.0343.